The van der Waals surface area contributed by atoms with Crippen LogP contribution in [0.15, 0.2) is 48.5 Å². The van der Waals surface area contributed by atoms with Gasteiger partial charge in [-0.3, -0.25) is 14.5 Å². The molecule has 8 heteroatoms. The van der Waals surface area contributed by atoms with Gasteiger partial charge in [0.25, 0.3) is 0 Å². The first-order valence-electron chi connectivity index (χ1n) is 9.68. The van der Waals surface area contributed by atoms with Crippen molar-refractivity contribution in [3.63, 3.8) is 0 Å². The Bertz CT molecular complexity index is 1030. The number of carbonyl (C=O) groups excluding carboxylic acids is 4. The molecule has 2 aliphatic rings. The Kier molecular flexibility index (Phi) is 5.22. The average molecular weight is 408 g/mol. The lowest BCUT2D eigenvalue weighted by atomic mass is 10.1. The molecule has 1 saturated heterocycles. The van der Waals surface area contributed by atoms with Crippen LogP contribution in [0.1, 0.15) is 52.3 Å². The van der Waals surface area contributed by atoms with Gasteiger partial charge >= 0.3 is 11.9 Å². The van der Waals surface area contributed by atoms with Crippen molar-refractivity contribution in [2.45, 2.75) is 32.0 Å². The number of hydrogen-bond donors (Lipinski definition) is 1. The fraction of sp³-hybridized carbons (Fsp3) is 0.273. The standard InChI is InChI=1S/C22H20N2O6/c1-2-29-21(27)13-6-5-7-14(12-13)23-19(26)17-10-11-18(25)24(17)20-15-8-3-4-9-16(15)22(28)30-20/h3-9,12,17,20H,2,10-11H2,1H3,(H,23,26)/t17-,20-/m0/s1. The number of nitrogens with one attached hydrogen (secondary N) is 1. The average Bonchev–Trinajstić information content (AvgIpc) is 3.28. The van der Waals surface area contributed by atoms with Crippen molar-refractivity contribution < 1.29 is 28.7 Å². The second-order valence-corrected chi connectivity index (χ2v) is 6.99. The third kappa shape index (κ3) is 3.52. The van der Waals surface area contributed by atoms with E-state index in [1.54, 1.807) is 49.4 Å². The molecular weight excluding hydrogens is 388 g/mol. The van der Waals surface area contributed by atoms with Crippen molar-refractivity contribution in [1.29, 1.82) is 0 Å². The van der Waals surface area contributed by atoms with Crippen molar-refractivity contribution in [2.24, 2.45) is 0 Å². The van der Waals surface area contributed by atoms with Crippen molar-refractivity contribution in [2.75, 3.05) is 11.9 Å². The van der Waals surface area contributed by atoms with E-state index in [1.807, 2.05) is 0 Å². The quantitative estimate of drug-likeness (QED) is 0.763. The molecule has 30 heavy (non-hydrogen) atoms. The number of nitrogens with zero attached hydrogens (tertiary/aromatic N) is 1. The van der Waals surface area contributed by atoms with Gasteiger partial charge in [0.2, 0.25) is 18.0 Å². The minimum absolute atomic E-state index is 0.178. The van der Waals surface area contributed by atoms with Crippen LogP contribution in [0.2, 0.25) is 0 Å². The zero-order valence-electron chi connectivity index (χ0n) is 16.3. The zero-order chi connectivity index (χ0) is 21.3. The maximum Gasteiger partial charge on any atom is 0.340 e. The second kappa shape index (κ2) is 7.98. The van der Waals surface area contributed by atoms with Crippen molar-refractivity contribution in [1.82, 2.24) is 4.90 Å². The van der Waals surface area contributed by atoms with Crippen molar-refractivity contribution in [3.05, 3.63) is 65.2 Å². The molecule has 0 radical (unpaired) electrons. The highest BCUT2D eigenvalue weighted by Crippen LogP contribution is 2.38. The monoisotopic (exact) mass is 408 g/mol. The van der Waals surface area contributed by atoms with E-state index < -0.39 is 30.1 Å². The molecule has 2 aromatic carbocycles. The van der Waals surface area contributed by atoms with Crippen LogP contribution >= 0.6 is 0 Å². The topological polar surface area (TPSA) is 102 Å². The van der Waals surface area contributed by atoms with Gasteiger partial charge in [-0.1, -0.05) is 24.3 Å². The summed E-state index contributed by atoms with van der Waals surface area (Å²) in [4.78, 5) is 50.9. The summed E-state index contributed by atoms with van der Waals surface area (Å²) < 4.78 is 10.4. The SMILES string of the molecule is CCOC(=O)c1cccc(NC(=O)[C@@H]2CCC(=O)N2[C@H]2OC(=O)c3ccccc32)c1. The molecule has 8 nitrogen and oxygen atoms in total. The summed E-state index contributed by atoms with van der Waals surface area (Å²) in [5.74, 6) is -1.68. The van der Waals surface area contributed by atoms with E-state index in [2.05, 4.69) is 5.32 Å². The van der Waals surface area contributed by atoms with E-state index in [4.69, 9.17) is 9.47 Å². The molecule has 0 saturated carbocycles. The third-order valence-electron chi connectivity index (χ3n) is 5.12. The van der Waals surface area contributed by atoms with Crippen LogP contribution in [0.25, 0.3) is 0 Å². The Labute approximate surface area is 172 Å². The molecule has 0 spiro atoms. The van der Waals surface area contributed by atoms with E-state index in [0.29, 0.717) is 28.8 Å². The number of rotatable bonds is 5. The van der Waals surface area contributed by atoms with E-state index >= 15 is 0 Å². The van der Waals surface area contributed by atoms with Crippen LogP contribution < -0.4 is 5.32 Å². The van der Waals surface area contributed by atoms with Crippen LogP contribution in [-0.4, -0.2) is 41.3 Å². The van der Waals surface area contributed by atoms with Crippen LogP contribution in [0.5, 0.6) is 0 Å². The van der Waals surface area contributed by atoms with Crippen LogP contribution in [-0.2, 0) is 19.1 Å². The summed E-state index contributed by atoms with van der Waals surface area (Å²) in [5, 5.41) is 2.75. The molecule has 2 amide bonds. The van der Waals surface area contributed by atoms with Gasteiger partial charge in [-0.15, -0.1) is 0 Å². The van der Waals surface area contributed by atoms with Gasteiger partial charge in [-0.05, 0) is 37.6 Å². The number of ether oxygens (including phenoxy) is 2. The van der Waals surface area contributed by atoms with Crippen LogP contribution in [0.4, 0.5) is 5.69 Å². The Balaban J connectivity index is 1.55. The number of esters is 2. The van der Waals surface area contributed by atoms with Gasteiger partial charge < -0.3 is 14.8 Å². The number of cyclic esters (lactones) is 1. The Morgan fingerprint density at radius 1 is 1.17 bits per heavy atom. The number of amides is 2. The van der Waals surface area contributed by atoms with Gasteiger partial charge in [0.15, 0.2) is 0 Å². The minimum atomic E-state index is -0.926. The second-order valence-electron chi connectivity index (χ2n) is 6.99. The maximum atomic E-state index is 13.0. The molecule has 0 bridgehead atoms. The molecule has 4 rings (SSSR count). The Morgan fingerprint density at radius 3 is 2.77 bits per heavy atom. The van der Waals surface area contributed by atoms with Gasteiger partial charge in [-0.2, -0.15) is 0 Å². The molecule has 1 fully saturated rings. The third-order valence-corrected chi connectivity index (χ3v) is 5.12. The molecule has 2 aromatic rings. The summed E-state index contributed by atoms with van der Waals surface area (Å²) >= 11 is 0. The van der Waals surface area contributed by atoms with E-state index in [9.17, 15) is 19.2 Å². The molecular formula is C22H20N2O6. The van der Waals surface area contributed by atoms with Gasteiger partial charge in [0.1, 0.15) is 6.04 Å². The number of anilines is 1. The smallest absolute Gasteiger partial charge is 0.340 e. The highest BCUT2D eigenvalue weighted by molar-refractivity contribution is 6.01. The first kappa shape index (κ1) is 19.6. The van der Waals surface area contributed by atoms with Gasteiger partial charge in [-0.25, -0.2) is 9.59 Å². The highest BCUT2D eigenvalue weighted by Gasteiger charge is 2.46. The lowest BCUT2D eigenvalue weighted by Gasteiger charge is -2.29. The first-order valence-corrected chi connectivity index (χ1v) is 9.68. The summed E-state index contributed by atoms with van der Waals surface area (Å²) in [6, 6.07) is 12.4. The molecule has 2 heterocycles. The van der Waals surface area contributed by atoms with E-state index in [1.165, 1.54) is 11.0 Å². The molecule has 0 unspecified atom stereocenters. The number of likely N-dealkylation sites (tertiary alicyclic amines) is 1. The number of benzene rings is 2. The van der Waals surface area contributed by atoms with Gasteiger partial charge in [0, 0.05) is 17.7 Å². The number of fused-ring (bicyclic) bond motifs is 1. The van der Waals surface area contributed by atoms with Crippen LogP contribution in [0.3, 0.4) is 0 Å². The lowest BCUT2D eigenvalue weighted by Crippen LogP contribution is -2.43. The minimum Gasteiger partial charge on any atom is -0.462 e. The Hall–Kier alpha value is -3.68. The molecule has 2 aliphatic heterocycles. The van der Waals surface area contributed by atoms with Crippen LogP contribution in [0, 0.1) is 0 Å². The fourth-order valence-corrected chi connectivity index (χ4v) is 3.75. The largest absolute Gasteiger partial charge is 0.462 e. The molecule has 1 N–H and O–H groups in total. The number of hydrogen-bond acceptors (Lipinski definition) is 6. The zero-order valence-corrected chi connectivity index (χ0v) is 16.3. The number of carbonyl (C=O) groups is 4. The van der Waals surface area contributed by atoms with E-state index in [0.717, 1.165) is 0 Å². The normalized spacial score (nSPS) is 20.0. The Morgan fingerprint density at radius 2 is 1.97 bits per heavy atom. The summed E-state index contributed by atoms with van der Waals surface area (Å²) in [6.45, 7) is 1.96. The van der Waals surface area contributed by atoms with E-state index in [-0.39, 0.29) is 18.9 Å². The summed E-state index contributed by atoms with van der Waals surface area (Å²) in [5.41, 5.74) is 1.68. The first-order chi connectivity index (χ1) is 14.5. The van der Waals surface area contributed by atoms with Gasteiger partial charge in [0.05, 0.1) is 17.7 Å². The molecule has 154 valence electrons. The molecule has 0 aliphatic carbocycles. The summed E-state index contributed by atoms with van der Waals surface area (Å²) in [6.07, 6.45) is -0.444. The fourth-order valence-electron chi connectivity index (χ4n) is 3.75. The molecule has 0 aromatic heterocycles. The van der Waals surface area contributed by atoms with Crippen molar-refractivity contribution >= 4 is 29.4 Å². The maximum absolute atomic E-state index is 13.0. The van der Waals surface area contributed by atoms with Crippen molar-refractivity contribution in [3.8, 4) is 0 Å². The lowest BCUT2D eigenvalue weighted by molar-refractivity contribution is -0.144. The highest BCUT2D eigenvalue weighted by atomic mass is 16.6. The predicted molar refractivity (Wildman–Crippen MR) is 105 cm³/mol. The molecule has 2 atom stereocenters. The summed E-state index contributed by atoms with van der Waals surface area (Å²) in [7, 11) is 0. The predicted octanol–water partition coefficient (Wildman–Crippen LogP) is 2.66.